The van der Waals surface area contributed by atoms with E-state index < -0.39 is 0 Å². The molecule has 1 nitrogen and oxygen atoms in total. The summed E-state index contributed by atoms with van der Waals surface area (Å²) in [7, 11) is 0. The Balaban J connectivity index is 2.92. The van der Waals surface area contributed by atoms with Gasteiger partial charge in [-0.05, 0) is 32.8 Å². The molecular weight excluding hydrogens is 208 g/mol. The number of para-hydroxylation sites is 1. The van der Waals surface area contributed by atoms with Gasteiger partial charge in [-0.15, -0.1) is 6.58 Å². The van der Waals surface area contributed by atoms with Crippen molar-refractivity contribution in [3.8, 4) is 5.75 Å². The third kappa shape index (κ3) is 3.48. The van der Waals surface area contributed by atoms with Gasteiger partial charge >= 0.3 is 0 Å². The van der Waals surface area contributed by atoms with Crippen molar-refractivity contribution in [1.82, 2.24) is 0 Å². The van der Waals surface area contributed by atoms with Crippen LogP contribution in [0.3, 0.4) is 0 Å². The van der Waals surface area contributed by atoms with Gasteiger partial charge in [0.15, 0.2) is 0 Å². The fourth-order valence-corrected chi connectivity index (χ4v) is 1.96. The minimum absolute atomic E-state index is 0.169. The van der Waals surface area contributed by atoms with Gasteiger partial charge < -0.3 is 5.11 Å². The fraction of sp³-hybridized carbons (Fsp3) is 0.375. The van der Waals surface area contributed by atoms with Gasteiger partial charge in [0.1, 0.15) is 5.75 Å². The van der Waals surface area contributed by atoms with Gasteiger partial charge in [-0.25, -0.2) is 0 Å². The normalized spacial score (nSPS) is 13.8. The van der Waals surface area contributed by atoms with Crippen LogP contribution in [0, 0.1) is 0 Å². The minimum atomic E-state index is -0.169. The summed E-state index contributed by atoms with van der Waals surface area (Å²) in [5.41, 5.74) is 2.11. The summed E-state index contributed by atoms with van der Waals surface area (Å²) in [6, 6.07) is 7.51. The van der Waals surface area contributed by atoms with E-state index in [-0.39, 0.29) is 5.41 Å². The summed E-state index contributed by atoms with van der Waals surface area (Å²) < 4.78 is 0. The standard InChI is InChI=1S/C16H22O/c1-5-16(4,12-8-9-13(2)3)14-10-6-7-11-15(14)17/h5-7,9-11,17H,1,8,12H2,2-4H3. The van der Waals surface area contributed by atoms with E-state index in [1.165, 1.54) is 5.57 Å². The zero-order valence-electron chi connectivity index (χ0n) is 11.0. The highest BCUT2D eigenvalue weighted by molar-refractivity contribution is 5.40. The van der Waals surface area contributed by atoms with Crippen LogP contribution in [-0.2, 0) is 5.41 Å². The van der Waals surface area contributed by atoms with Crippen LogP contribution in [0.2, 0.25) is 0 Å². The topological polar surface area (TPSA) is 20.2 Å². The second-order valence-corrected chi connectivity index (χ2v) is 4.96. The van der Waals surface area contributed by atoms with Crippen LogP contribution < -0.4 is 0 Å². The number of hydrogen-bond donors (Lipinski definition) is 1. The number of phenolic OH excluding ortho intramolecular Hbond substituents is 1. The summed E-state index contributed by atoms with van der Waals surface area (Å²) in [6.45, 7) is 10.2. The van der Waals surface area contributed by atoms with E-state index in [1.807, 2.05) is 24.3 Å². The molecule has 1 heteroatoms. The molecule has 0 spiro atoms. The van der Waals surface area contributed by atoms with Gasteiger partial charge in [0, 0.05) is 11.0 Å². The van der Waals surface area contributed by atoms with Crippen molar-refractivity contribution >= 4 is 0 Å². The molecule has 0 aromatic heterocycles. The lowest BCUT2D eigenvalue weighted by atomic mass is 9.78. The zero-order valence-corrected chi connectivity index (χ0v) is 11.0. The van der Waals surface area contributed by atoms with Gasteiger partial charge in [0.2, 0.25) is 0 Å². The highest BCUT2D eigenvalue weighted by Gasteiger charge is 2.24. The van der Waals surface area contributed by atoms with Crippen LogP contribution in [0.25, 0.3) is 0 Å². The molecule has 0 aliphatic carbocycles. The lowest BCUT2D eigenvalue weighted by molar-refractivity contribution is 0.442. The third-order valence-corrected chi connectivity index (χ3v) is 3.19. The molecule has 0 aliphatic heterocycles. The molecule has 0 aliphatic rings. The van der Waals surface area contributed by atoms with Crippen molar-refractivity contribution in [1.29, 1.82) is 0 Å². The Hall–Kier alpha value is -1.50. The molecule has 1 aromatic rings. The van der Waals surface area contributed by atoms with E-state index >= 15 is 0 Å². The van der Waals surface area contributed by atoms with Crippen molar-refractivity contribution in [2.24, 2.45) is 0 Å². The smallest absolute Gasteiger partial charge is 0.119 e. The molecule has 1 unspecified atom stereocenters. The zero-order chi connectivity index (χ0) is 12.9. The van der Waals surface area contributed by atoms with Crippen molar-refractivity contribution in [2.75, 3.05) is 0 Å². The number of benzene rings is 1. The first-order valence-corrected chi connectivity index (χ1v) is 6.05. The molecule has 0 heterocycles. The first-order valence-electron chi connectivity index (χ1n) is 6.05. The molecule has 1 N–H and O–H groups in total. The molecule has 1 atom stereocenters. The SMILES string of the molecule is C=CC(C)(CCC=C(C)C)c1ccccc1O. The van der Waals surface area contributed by atoms with E-state index in [0.717, 1.165) is 18.4 Å². The average molecular weight is 230 g/mol. The maximum absolute atomic E-state index is 9.92. The van der Waals surface area contributed by atoms with E-state index in [2.05, 4.69) is 33.4 Å². The first-order chi connectivity index (χ1) is 7.99. The van der Waals surface area contributed by atoms with Crippen LogP contribution >= 0.6 is 0 Å². The first kappa shape index (κ1) is 13.6. The number of allylic oxidation sites excluding steroid dienone is 3. The molecule has 17 heavy (non-hydrogen) atoms. The average Bonchev–Trinajstić information content (AvgIpc) is 2.29. The van der Waals surface area contributed by atoms with Crippen molar-refractivity contribution in [2.45, 2.75) is 39.0 Å². The molecular formula is C16H22O. The van der Waals surface area contributed by atoms with Gasteiger partial charge in [0.05, 0.1) is 0 Å². The summed E-state index contributed by atoms with van der Waals surface area (Å²) in [5, 5.41) is 9.92. The van der Waals surface area contributed by atoms with E-state index in [4.69, 9.17) is 0 Å². The molecule has 0 amide bonds. The highest BCUT2D eigenvalue weighted by Crippen LogP contribution is 2.35. The largest absolute Gasteiger partial charge is 0.508 e. The van der Waals surface area contributed by atoms with Crippen LogP contribution in [0.15, 0.2) is 48.6 Å². The summed E-state index contributed by atoms with van der Waals surface area (Å²) in [6.07, 6.45) is 6.11. The van der Waals surface area contributed by atoms with E-state index in [1.54, 1.807) is 6.07 Å². The van der Waals surface area contributed by atoms with Gasteiger partial charge in [-0.3, -0.25) is 0 Å². The molecule has 0 saturated heterocycles. The van der Waals surface area contributed by atoms with Crippen LogP contribution in [0.1, 0.15) is 39.2 Å². The van der Waals surface area contributed by atoms with Crippen LogP contribution in [-0.4, -0.2) is 5.11 Å². The minimum Gasteiger partial charge on any atom is -0.508 e. The van der Waals surface area contributed by atoms with Crippen molar-refractivity contribution in [3.63, 3.8) is 0 Å². The maximum atomic E-state index is 9.92. The second-order valence-electron chi connectivity index (χ2n) is 4.96. The van der Waals surface area contributed by atoms with E-state index in [9.17, 15) is 5.11 Å². The Morgan fingerprint density at radius 2 is 2.00 bits per heavy atom. The Bertz CT molecular complexity index is 413. The number of rotatable bonds is 5. The molecule has 0 saturated carbocycles. The second kappa shape index (κ2) is 5.72. The third-order valence-electron chi connectivity index (χ3n) is 3.19. The molecule has 1 rings (SSSR count). The quantitative estimate of drug-likeness (QED) is 0.734. The van der Waals surface area contributed by atoms with Gasteiger partial charge in [-0.1, -0.05) is 42.8 Å². The predicted octanol–water partition coefficient (Wildman–Crippen LogP) is 4.58. The highest BCUT2D eigenvalue weighted by atomic mass is 16.3. The summed E-state index contributed by atoms with van der Waals surface area (Å²) in [5.74, 6) is 0.354. The fourth-order valence-electron chi connectivity index (χ4n) is 1.96. The lowest BCUT2D eigenvalue weighted by Crippen LogP contribution is -2.18. The van der Waals surface area contributed by atoms with Crippen molar-refractivity contribution < 1.29 is 5.11 Å². The summed E-state index contributed by atoms with van der Waals surface area (Å²) in [4.78, 5) is 0. The van der Waals surface area contributed by atoms with Crippen LogP contribution in [0.5, 0.6) is 5.75 Å². The van der Waals surface area contributed by atoms with Crippen molar-refractivity contribution in [3.05, 3.63) is 54.1 Å². The van der Waals surface area contributed by atoms with Gasteiger partial charge in [-0.2, -0.15) is 0 Å². The maximum Gasteiger partial charge on any atom is 0.119 e. The number of hydrogen-bond acceptors (Lipinski definition) is 1. The monoisotopic (exact) mass is 230 g/mol. The van der Waals surface area contributed by atoms with Gasteiger partial charge in [0.25, 0.3) is 0 Å². The van der Waals surface area contributed by atoms with E-state index in [0.29, 0.717) is 5.75 Å². The Kier molecular flexibility index (Phi) is 4.56. The number of aromatic hydroxyl groups is 1. The molecule has 0 bridgehead atoms. The lowest BCUT2D eigenvalue weighted by Gasteiger charge is -2.26. The Morgan fingerprint density at radius 3 is 2.53 bits per heavy atom. The number of phenols is 1. The molecule has 0 radical (unpaired) electrons. The molecule has 0 fully saturated rings. The molecule has 92 valence electrons. The Morgan fingerprint density at radius 1 is 1.35 bits per heavy atom. The van der Waals surface area contributed by atoms with Crippen LogP contribution in [0.4, 0.5) is 0 Å². The predicted molar refractivity (Wildman–Crippen MR) is 74.3 cm³/mol. The Labute approximate surface area is 104 Å². The summed E-state index contributed by atoms with van der Waals surface area (Å²) >= 11 is 0. The molecule has 1 aromatic carbocycles.